The van der Waals surface area contributed by atoms with Gasteiger partial charge in [-0.25, -0.2) is 0 Å². The van der Waals surface area contributed by atoms with Crippen LogP contribution in [0.2, 0.25) is 0 Å². The average Bonchev–Trinajstić information content (AvgIpc) is 1.82. The molecule has 0 aliphatic heterocycles. The van der Waals surface area contributed by atoms with Crippen LogP contribution in [0.5, 0.6) is 0 Å². The highest BCUT2D eigenvalue weighted by atomic mass is 16.5. The molecule has 0 aliphatic rings. The van der Waals surface area contributed by atoms with Crippen LogP contribution in [0.4, 0.5) is 0 Å². The van der Waals surface area contributed by atoms with Crippen molar-refractivity contribution in [2.45, 2.75) is 13.2 Å². The first-order chi connectivity index (χ1) is 4.22. The van der Waals surface area contributed by atoms with Gasteiger partial charge in [-0.15, -0.1) is 0 Å². The third-order valence-corrected chi connectivity index (χ3v) is 0.863. The molecule has 2 N–H and O–H groups in total. The normalized spacial score (nSPS) is 13.1. The van der Waals surface area contributed by atoms with E-state index in [1.807, 2.05) is 6.92 Å². The number of hydrogen-bond acceptors (Lipinski definition) is 3. The summed E-state index contributed by atoms with van der Waals surface area (Å²) in [6, 6.07) is 0. The fourth-order valence-electron chi connectivity index (χ4n) is 0.468. The summed E-state index contributed by atoms with van der Waals surface area (Å²) >= 11 is 0. The van der Waals surface area contributed by atoms with Crippen molar-refractivity contribution in [3.05, 3.63) is 0 Å². The van der Waals surface area contributed by atoms with E-state index in [4.69, 9.17) is 5.73 Å². The number of carbonyl (C=O) groups is 1. The van der Waals surface area contributed by atoms with Gasteiger partial charge in [-0.3, -0.25) is 15.8 Å². The summed E-state index contributed by atoms with van der Waals surface area (Å²) in [5.41, 5.74) is 6.61. The number of ether oxygens (including phenoxy) is 1. The summed E-state index contributed by atoms with van der Waals surface area (Å²) in [7, 11) is 1.39. The predicted octanol–water partition coefficient (Wildman–Crippen LogP) is -0.622. The second-order valence-corrected chi connectivity index (χ2v) is 1.54. The smallest absolute Gasteiger partial charge is 0.282 e. The first-order valence-electron chi connectivity index (χ1n) is 2.74. The number of nitrogens with one attached hydrogen (secondary N) is 2. The standard InChI is InChI=1S/C5H11N2O2/c1-3-7-5(9-2)4(6)8/h5-7H,3H2,1-2H3. The van der Waals surface area contributed by atoms with E-state index in [1.165, 1.54) is 7.11 Å². The second kappa shape index (κ2) is 4.29. The fourth-order valence-corrected chi connectivity index (χ4v) is 0.468. The van der Waals surface area contributed by atoms with Gasteiger partial charge in [-0.1, -0.05) is 6.92 Å². The molecule has 0 aromatic carbocycles. The van der Waals surface area contributed by atoms with Gasteiger partial charge in [0.2, 0.25) is 0 Å². The maximum Gasteiger partial charge on any atom is 0.282 e. The Morgan fingerprint density at radius 2 is 2.44 bits per heavy atom. The van der Waals surface area contributed by atoms with Gasteiger partial charge in [0.05, 0.1) is 0 Å². The molecule has 0 rings (SSSR count). The van der Waals surface area contributed by atoms with Crippen molar-refractivity contribution < 1.29 is 9.53 Å². The van der Waals surface area contributed by atoms with Crippen LogP contribution >= 0.6 is 0 Å². The van der Waals surface area contributed by atoms with Crippen molar-refractivity contribution in [3.8, 4) is 0 Å². The summed E-state index contributed by atoms with van der Waals surface area (Å²) in [5, 5.41) is 2.67. The molecule has 9 heavy (non-hydrogen) atoms. The Balaban J connectivity index is 3.54. The molecular formula is C5H11N2O2. The van der Waals surface area contributed by atoms with Crippen molar-refractivity contribution >= 4 is 5.91 Å². The number of hydrogen-bond donors (Lipinski definition) is 1. The van der Waals surface area contributed by atoms with Gasteiger partial charge in [0, 0.05) is 7.11 Å². The molecule has 1 atom stereocenters. The molecule has 53 valence electrons. The zero-order chi connectivity index (χ0) is 7.28. The zero-order valence-corrected chi connectivity index (χ0v) is 5.60. The Morgan fingerprint density at radius 3 is 2.56 bits per heavy atom. The predicted molar refractivity (Wildman–Crippen MR) is 32.6 cm³/mol. The highest BCUT2D eigenvalue weighted by Crippen LogP contribution is 1.81. The molecular weight excluding hydrogens is 120 g/mol. The molecule has 0 heterocycles. The van der Waals surface area contributed by atoms with Gasteiger partial charge in [0.25, 0.3) is 5.91 Å². The number of carbonyl (C=O) groups excluding carboxylic acids is 1. The van der Waals surface area contributed by atoms with E-state index in [-0.39, 0.29) is 0 Å². The molecule has 0 bridgehead atoms. The summed E-state index contributed by atoms with van der Waals surface area (Å²) in [4.78, 5) is 10.2. The molecule has 0 saturated carbocycles. The topological polar surface area (TPSA) is 62.1 Å². The van der Waals surface area contributed by atoms with Gasteiger partial charge < -0.3 is 4.74 Å². The monoisotopic (exact) mass is 131 g/mol. The fraction of sp³-hybridized carbons (Fsp3) is 0.800. The zero-order valence-electron chi connectivity index (χ0n) is 5.60. The van der Waals surface area contributed by atoms with Gasteiger partial charge in [-0.2, -0.15) is 0 Å². The minimum absolute atomic E-state index is 0.628. The number of methoxy groups -OCH3 is 1. The van der Waals surface area contributed by atoms with Crippen molar-refractivity contribution in [1.29, 1.82) is 0 Å². The average molecular weight is 131 g/mol. The van der Waals surface area contributed by atoms with Crippen LogP contribution in [0.25, 0.3) is 0 Å². The highest BCUT2D eigenvalue weighted by Gasteiger charge is 2.11. The Labute approximate surface area is 54.4 Å². The van der Waals surface area contributed by atoms with E-state index >= 15 is 0 Å². The van der Waals surface area contributed by atoms with Crippen LogP contribution in [0, 0.1) is 0 Å². The summed E-state index contributed by atoms with van der Waals surface area (Å²) in [5.74, 6) is -0.737. The molecule has 4 heteroatoms. The van der Waals surface area contributed by atoms with Gasteiger partial charge in [-0.05, 0) is 6.54 Å². The maximum absolute atomic E-state index is 10.2. The second-order valence-electron chi connectivity index (χ2n) is 1.54. The molecule has 0 saturated heterocycles. The van der Waals surface area contributed by atoms with Crippen LogP contribution in [0.15, 0.2) is 0 Å². The van der Waals surface area contributed by atoms with Crippen LogP contribution < -0.4 is 11.1 Å². The highest BCUT2D eigenvalue weighted by molar-refractivity contribution is 5.77. The van der Waals surface area contributed by atoms with Crippen LogP contribution in [-0.4, -0.2) is 25.8 Å². The molecule has 1 unspecified atom stereocenters. The van der Waals surface area contributed by atoms with Crippen molar-refractivity contribution in [3.63, 3.8) is 0 Å². The SMILES string of the molecule is CCNC(OC)C([NH])=O. The molecule has 0 aromatic rings. The van der Waals surface area contributed by atoms with Crippen LogP contribution in [0.1, 0.15) is 6.92 Å². The molecule has 1 radical (unpaired) electrons. The van der Waals surface area contributed by atoms with E-state index in [0.29, 0.717) is 6.54 Å². The van der Waals surface area contributed by atoms with Crippen molar-refractivity contribution in [2.75, 3.05) is 13.7 Å². The van der Waals surface area contributed by atoms with Crippen LogP contribution in [-0.2, 0) is 9.53 Å². The number of amides is 1. The Hall–Kier alpha value is -0.610. The molecule has 0 fully saturated rings. The van der Waals surface area contributed by atoms with Crippen molar-refractivity contribution in [2.24, 2.45) is 0 Å². The summed E-state index contributed by atoms with van der Waals surface area (Å²) < 4.78 is 4.60. The first-order valence-corrected chi connectivity index (χ1v) is 2.74. The maximum atomic E-state index is 10.2. The molecule has 1 amide bonds. The number of likely N-dealkylation sites (N-methyl/N-ethyl adjacent to an activating group) is 1. The minimum Gasteiger partial charge on any atom is -0.357 e. The van der Waals surface area contributed by atoms with Gasteiger partial charge in [0.15, 0.2) is 6.23 Å². The lowest BCUT2D eigenvalue weighted by Gasteiger charge is -2.09. The first kappa shape index (κ1) is 8.39. The lowest BCUT2D eigenvalue weighted by Crippen LogP contribution is -2.38. The van der Waals surface area contributed by atoms with E-state index in [9.17, 15) is 4.79 Å². The van der Waals surface area contributed by atoms with Gasteiger partial charge in [0.1, 0.15) is 0 Å². The molecule has 4 nitrogen and oxygen atoms in total. The molecule has 0 spiro atoms. The van der Waals surface area contributed by atoms with Crippen LogP contribution in [0.3, 0.4) is 0 Å². The summed E-state index contributed by atoms with van der Waals surface area (Å²) in [6.45, 7) is 2.47. The molecule has 0 aliphatic carbocycles. The van der Waals surface area contributed by atoms with Gasteiger partial charge >= 0.3 is 0 Å². The minimum atomic E-state index is -0.755. The lowest BCUT2D eigenvalue weighted by atomic mass is 10.5. The van der Waals surface area contributed by atoms with E-state index in [2.05, 4.69) is 10.1 Å². The Kier molecular flexibility index (Phi) is 4.00. The number of rotatable bonds is 4. The third-order valence-electron chi connectivity index (χ3n) is 0.863. The Morgan fingerprint density at radius 1 is 1.89 bits per heavy atom. The molecule has 0 aromatic heterocycles. The summed E-state index contributed by atoms with van der Waals surface area (Å²) in [6.07, 6.45) is -0.755. The Bertz CT molecular complexity index is 95.0. The van der Waals surface area contributed by atoms with E-state index < -0.39 is 12.1 Å². The third kappa shape index (κ3) is 3.05. The lowest BCUT2D eigenvalue weighted by molar-refractivity contribution is -0.130. The van der Waals surface area contributed by atoms with E-state index in [1.54, 1.807) is 0 Å². The van der Waals surface area contributed by atoms with Crippen molar-refractivity contribution in [1.82, 2.24) is 11.1 Å². The quantitative estimate of drug-likeness (QED) is 0.517. The largest absolute Gasteiger partial charge is 0.357 e. The van der Waals surface area contributed by atoms with E-state index in [0.717, 1.165) is 0 Å².